The summed E-state index contributed by atoms with van der Waals surface area (Å²) in [5.41, 5.74) is 0. The molecule has 0 bridgehead atoms. The van der Waals surface area contributed by atoms with E-state index >= 15 is 0 Å². The average Bonchev–Trinajstić information content (AvgIpc) is 2.23. The lowest BCUT2D eigenvalue weighted by Crippen LogP contribution is -2.37. The molecule has 1 atom stereocenters. The van der Waals surface area contributed by atoms with Gasteiger partial charge in [0.25, 0.3) is 0 Å². The van der Waals surface area contributed by atoms with E-state index in [9.17, 15) is 4.79 Å². The van der Waals surface area contributed by atoms with E-state index in [0.29, 0.717) is 6.42 Å². The smallest absolute Gasteiger partial charge is 0.320 e. The van der Waals surface area contributed by atoms with E-state index in [0.717, 1.165) is 32.6 Å². The summed E-state index contributed by atoms with van der Waals surface area (Å²) in [6, 6.07) is -0.387. The normalized spacial score (nSPS) is 13.1. The predicted molar refractivity (Wildman–Crippen MR) is 62.1 cm³/mol. The topological polar surface area (TPSA) is 52.6 Å². The molecule has 0 fully saturated rings. The van der Waals surface area contributed by atoms with Gasteiger partial charge in [-0.05, 0) is 39.0 Å². The molecule has 0 saturated heterocycles. The number of rotatable bonds is 9. The zero-order valence-electron chi connectivity index (χ0n) is 10.1. The third-order valence-corrected chi connectivity index (χ3v) is 2.64. The molecule has 0 aliphatic rings. The third kappa shape index (κ3) is 6.47. The fourth-order valence-electron chi connectivity index (χ4n) is 1.53. The van der Waals surface area contributed by atoms with Gasteiger partial charge in [0, 0.05) is 0 Å². The molecular formula is C11H24N2O2. The van der Waals surface area contributed by atoms with E-state index in [1.807, 2.05) is 6.92 Å². The number of aliphatic carboxylic acids is 1. The summed E-state index contributed by atoms with van der Waals surface area (Å²) in [7, 11) is 0. The summed E-state index contributed by atoms with van der Waals surface area (Å²) < 4.78 is 0. The van der Waals surface area contributed by atoms with Gasteiger partial charge in [0.2, 0.25) is 0 Å². The van der Waals surface area contributed by atoms with E-state index in [1.165, 1.54) is 0 Å². The number of nitrogens with zero attached hydrogens (tertiary/aromatic N) is 1. The Morgan fingerprint density at radius 2 is 1.93 bits per heavy atom. The molecule has 0 spiro atoms. The number of carbonyl (C=O) groups is 1. The van der Waals surface area contributed by atoms with Crippen LogP contribution in [-0.4, -0.2) is 48.2 Å². The van der Waals surface area contributed by atoms with E-state index < -0.39 is 5.97 Å². The first-order valence-electron chi connectivity index (χ1n) is 5.84. The van der Waals surface area contributed by atoms with Gasteiger partial charge in [0.1, 0.15) is 6.04 Å². The van der Waals surface area contributed by atoms with Crippen LogP contribution in [0.3, 0.4) is 0 Å². The number of hydrogen-bond donors (Lipinski definition) is 2. The molecule has 0 saturated carbocycles. The molecule has 0 aromatic carbocycles. The zero-order chi connectivity index (χ0) is 11.7. The minimum Gasteiger partial charge on any atom is -0.480 e. The molecule has 0 aromatic heterocycles. The molecule has 0 heterocycles. The Hall–Kier alpha value is -0.610. The summed E-state index contributed by atoms with van der Waals surface area (Å²) in [4.78, 5) is 13.0. The van der Waals surface area contributed by atoms with Crippen LogP contribution in [0, 0.1) is 0 Å². The first-order chi connectivity index (χ1) is 7.15. The maximum atomic E-state index is 10.7. The predicted octanol–water partition coefficient (Wildman–Crippen LogP) is 1.17. The van der Waals surface area contributed by atoms with Gasteiger partial charge in [-0.15, -0.1) is 0 Å². The third-order valence-electron chi connectivity index (χ3n) is 2.64. The van der Waals surface area contributed by atoms with Crippen LogP contribution in [-0.2, 0) is 4.79 Å². The van der Waals surface area contributed by atoms with Crippen molar-refractivity contribution >= 4 is 5.97 Å². The van der Waals surface area contributed by atoms with Crippen LogP contribution in [0.4, 0.5) is 0 Å². The standard InChI is InChI=1S/C11H24N2O2/c1-4-10(11(14)15)12-8-7-9-13(5-2)6-3/h10,12H,4-9H2,1-3H3,(H,14,15). The lowest BCUT2D eigenvalue weighted by atomic mass is 10.2. The SMILES string of the molecule is CCC(NCCCN(CC)CC)C(=O)O. The monoisotopic (exact) mass is 216 g/mol. The number of hydrogen-bond acceptors (Lipinski definition) is 3. The Bertz CT molecular complexity index is 170. The zero-order valence-corrected chi connectivity index (χ0v) is 10.1. The van der Waals surface area contributed by atoms with Crippen molar-refractivity contribution in [1.82, 2.24) is 10.2 Å². The molecule has 4 heteroatoms. The fraction of sp³-hybridized carbons (Fsp3) is 0.909. The molecule has 90 valence electrons. The Morgan fingerprint density at radius 1 is 1.33 bits per heavy atom. The Balaban J connectivity index is 3.56. The van der Waals surface area contributed by atoms with Gasteiger partial charge in [-0.3, -0.25) is 4.79 Å². The highest BCUT2D eigenvalue weighted by atomic mass is 16.4. The minimum atomic E-state index is -0.750. The van der Waals surface area contributed by atoms with Crippen LogP contribution in [0.5, 0.6) is 0 Å². The van der Waals surface area contributed by atoms with Crippen molar-refractivity contribution < 1.29 is 9.90 Å². The lowest BCUT2D eigenvalue weighted by Gasteiger charge is -2.18. The van der Waals surface area contributed by atoms with Crippen molar-refractivity contribution in [1.29, 1.82) is 0 Å². The quantitative estimate of drug-likeness (QED) is 0.568. The highest BCUT2D eigenvalue weighted by Crippen LogP contribution is 1.93. The van der Waals surface area contributed by atoms with Crippen LogP contribution >= 0.6 is 0 Å². The second kappa shape index (κ2) is 8.68. The van der Waals surface area contributed by atoms with Crippen LogP contribution in [0.1, 0.15) is 33.6 Å². The van der Waals surface area contributed by atoms with Crippen molar-refractivity contribution in [3.05, 3.63) is 0 Å². The van der Waals surface area contributed by atoms with Gasteiger partial charge >= 0.3 is 5.97 Å². The number of carboxylic acid groups (broad SMARTS) is 1. The summed E-state index contributed by atoms with van der Waals surface area (Å²) in [5.74, 6) is -0.750. The first-order valence-corrected chi connectivity index (χ1v) is 5.84. The highest BCUT2D eigenvalue weighted by molar-refractivity contribution is 5.73. The van der Waals surface area contributed by atoms with E-state index in [4.69, 9.17) is 5.11 Å². The van der Waals surface area contributed by atoms with Gasteiger partial charge in [0.15, 0.2) is 0 Å². The molecule has 2 N–H and O–H groups in total. The van der Waals surface area contributed by atoms with Crippen molar-refractivity contribution in [2.24, 2.45) is 0 Å². The maximum absolute atomic E-state index is 10.7. The van der Waals surface area contributed by atoms with Crippen molar-refractivity contribution in [3.8, 4) is 0 Å². The van der Waals surface area contributed by atoms with Crippen LogP contribution < -0.4 is 5.32 Å². The van der Waals surface area contributed by atoms with Crippen LogP contribution in [0.25, 0.3) is 0 Å². The van der Waals surface area contributed by atoms with Crippen LogP contribution in [0.15, 0.2) is 0 Å². The van der Waals surface area contributed by atoms with Crippen molar-refractivity contribution in [3.63, 3.8) is 0 Å². The molecule has 0 aliphatic heterocycles. The lowest BCUT2D eigenvalue weighted by molar-refractivity contribution is -0.139. The molecule has 1 unspecified atom stereocenters. The molecule has 15 heavy (non-hydrogen) atoms. The number of carboxylic acids is 1. The Labute approximate surface area is 92.7 Å². The van der Waals surface area contributed by atoms with Crippen molar-refractivity contribution in [2.75, 3.05) is 26.2 Å². The van der Waals surface area contributed by atoms with E-state index in [-0.39, 0.29) is 6.04 Å². The largest absolute Gasteiger partial charge is 0.480 e. The summed E-state index contributed by atoms with van der Waals surface area (Å²) in [6.07, 6.45) is 1.64. The highest BCUT2D eigenvalue weighted by Gasteiger charge is 2.12. The second-order valence-electron chi connectivity index (χ2n) is 3.63. The fourth-order valence-corrected chi connectivity index (χ4v) is 1.53. The Kier molecular flexibility index (Phi) is 8.33. The Morgan fingerprint density at radius 3 is 2.33 bits per heavy atom. The molecule has 0 amide bonds. The summed E-state index contributed by atoms with van der Waals surface area (Å²) in [6.45, 7) is 10.1. The molecule has 0 aliphatic carbocycles. The first kappa shape index (κ1) is 14.4. The maximum Gasteiger partial charge on any atom is 0.320 e. The summed E-state index contributed by atoms with van der Waals surface area (Å²) in [5, 5.41) is 11.8. The van der Waals surface area contributed by atoms with Gasteiger partial charge < -0.3 is 15.3 Å². The van der Waals surface area contributed by atoms with Gasteiger partial charge in [0.05, 0.1) is 0 Å². The molecule has 0 aromatic rings. The van der Waals surface area contributed by atoms with Gasteiger partial charge in [-0.2, -0.15) is 0 Å². The molecule has 0 radical (unpaired) electrons. The van der Waals surface area contributed by atoms with E-state index in [1.54, 1.807) is 0 Å². The van der Waals surface area contributed by atoms with E-state index in [2.05, 4.69) is 24.1 Å². The van der Waals surface area contributed by atoms with Gasteiger partial charge in [-0.25, -0.2) is 0 Å². The molecule has 4 nitrogen and oxygen atoms in total. The van der Waals surface area contributed by atoms with Crippen molar-refractivity contribution in [2.45, 2.75) is 39.7 Å². The molecular weight excluding hydrogens is 192 g/mol. The average molecular weight is 216 g/mol. The second-order valence-corrected chi connectivity index (χ2v) is 3.63. The van der Waals surface area contributed by atoms with Gasteiger partial charge in [-0.1, -0.05) is 20.8 Å². The minimum absolute atomic E-state index is 0.387. The molecule has 0 rings (SSSR count). The summed E-state index contributed by atoms with van der Waals surface area (Å²) >= 11 is 0. The van der Waals surface area contributed by atoms with Crippen LogP contribution in [0.2, 0.25) is 0 Å². The number of nitrogens with one attached hydrogen (secondary N) is 1.